The molecule has 0 spiro atoms. The summed E-state index contributed by atoms with van der Waals surface area (Å²) < 4.78 is 4.78. The number of phenols is 1. The van der Waals surface area contributed by atoms with Crippen LogP contribution in [0.5, 0.6) is 5.75 Å². The zero-order chi connectivity index (χ0) is 11.3. The van der Waals surface area contributed by atoms with Crippen LogP contribution in [0.15, 0.2) is 18.2 Å². The van der Waals surface area contributed by atoms with Crippen molar-refractivity contribution in [3.63, 3.8) is 0 Å². The molecule has 0 bridgehead atoms. The Hall–Kier alpha value is -1.42. The number of rotatable bonds is 4. The molecule has 0 heterocycles. The normalized spacial score (nSPS) is 9.31. The van der Waals surface area contributed by atoms with E-state index in [4.69, 9.17) is 10.5 Å². The van der Waals surface area contributed by atoms with Crippen molar-refractivity contribution in [1.29, 1.82) is 0 Å². The van der Waals surface area contributed by atoms with E-state index in [1.165, 1.54) is 0 Å². The summed E-state index contributed by atoms with van der Waals surface area (Å²) in [5.41, 5.74) is 6.52. The van der Waals surface area contributed by atoms with Gasteiger partial charge in [0.2, 0.25) is 0 Å². The molecule has 0 atom stereocenters. The molecule has 0 radical (unpaired) electrons. The number of anilines is 1. The highest BCUT2D eigenvalue weighted by Gasteiger charge is 2.07. The lowest BCUT2D eigenvalue weighted by Crippen LogP contribution is -2.05. The molecule has 1 rings (SSSR count). The van der Waals surface area contributed by atoms with Crippen molar-refractivity contribution >= 4 is 24.1 Å². The van der Waals surface area contributed by atoms with Crippen LogP contribution in [0.2, 0.25) is 0 Å². The van der Waals surface area contributed by atoms with Crippen LogP contribution in [-0.2, 0) is 16.0 Å². The molecule has 90 valence electrons. The number of benzene rings is 1. The molecule has 0 amide bonds. The van der Waals surface area contributed by atoms with Crippen molar-refractivity contribution in [3.8, 4) is 5.75 Å². The molecule has 4 nitrogen and oxygen atoms in total. The number of aryl methyl sites for hydroxylation is 1. The highest BCUT2D eigenvalue weighted by atomic mass is 35.5. The van der Waals surface area contributed by atoms with Crippen LogP contribution in [0.1, 0.15) is 18.9 Å². The molecule has 0 fully saturated rings. The average molecular weight is 246 g/mol. The fourth-order valence-electron chi connectivity index (χ4n) is 1.28. The molecule has 16 heavy (non-hydrogen) atoms. The molecule has 0 aliphatic carbocycles. The molecule has 1 aromatic rings. The lowest BCUT2D eigenvalue weighted by molar-refractivity contribution is -0.143. The zero-order valence-corrected chi connectivity index (χ0v) is 9.92. The number of halogens is 1. The molecule has 0 aromatic heterocycles. The van der Waals surface area contributed by atoms with Gasteiger partial charge in [-0.15, -0.1) is 12.4 Å². The Morgan fingerprint density at radius 3 is 2.81 bits per heavy atom. The van der Waals surface area contributed by atoms with Crippen molar-refractivity contribution in [3.05, 3.63) is 23.8 Å². The Kier molecular flexibility index (Phi) is 6.34. The van der Waals surface area contributed by atoms with Crippen molar-refractivity contribution in [1.82, 2.24) is 0 Å². The van der Waals surface area contributed by atoms with Gasteiger partial charge in [0.25, 0.3) is 0 Å². The number of carbonyl (C=O) groups excluding carboxylic acids is 1. The third kappa shape index (κ3) is 3.98. The zero-order valence-electron chi connectivity index (χ0n) is 9.10. The lowest BCUT2D eigenvalue weighted by Gasteiger charge is -2.06. The predicted molar refractivity (Wildman–Crippen MR) is 64.7 cm³/mol. The minimum Gasteiger partial charge on any atom is -0.506 e. The molecule has 0 unspecified atom stereocenters. The summed E-state index contributed by atoms with van der Waals surface area (Å²) in [4.78, 5) is 11.1. The van der Waals surface area contributed by atoms with Crippen LogP contribution in [0.3, 0.4) is 0 Å². The Balaban J connectivity index is 0.00000225. The Morgan fingerprint density at radius 1 is 1.50 bits per heavy atom. The number of ether oxygens (including phenoxy) is 1. The highest BCUT2D eigenvalue weighted by molar-refractivity contribution is 5.85. The Morgan fingerprint density at radius 2 is 2.19 bits per heavy atom. The maximum absolute atomic E-state index is 11.1. The van der Waals surface area contributed by atoms with Gasteiger partial charge >= 0.3 is 5.97 Å². The van der Waals surface area contributed by atoms with E-state index in [0.29, 0.717) is 24.3 Å². The van der Waals surface area contributed by atoms with Crippen LogP contribution in [0.4, 0.5) is 5.69 Å². The van der Waals surface area contributed by atoms with Gasteiger partial charge in [-0.05, 0) is 25.0 Å². The van der Waals surface area contributed by atoms with E-state index in [2.05, 4.69) is 0 Å². The van der Waals surface area contributed by atoms with Crippen LogP contribution in [0, 0.1) is 0 Å². The molecule has 0 aliphatic rings. The summed E-state index contributed by atoms with van der Waals surface area (Å²) in [6.07, 6.45) is 0.695. The molecular formula is C11H16ClNO3. The minimum absolute atomic E-state index is 0. The number of hydrogen-bond donors (Lipinski definition) is 2. The van der Waals surface area contributed by atoms with E-state index in [1.54, 1.807) is 25.1 Å². The van der Waals surface area contributed by atoms with Crippen LogP contribution in [-0.4, -0.2) is 17.7 Å². The van der Waals surface area contributed by atoms with Gasteiger partial charge in [-0.1, -0.05) is 12.1 Å². The second kappa shape index (κ2) is 6.95. The largest absolute Gasteiger partial charge is 0.506 e. The second-order valence-electron chi connectivity index (χ2n) is 3.16. The standard InChI is InChI=1S/C11H15NO3.ClH/c1-2-15-10(13)7-6-8-4-3-5-9(12)11(8)14;/h3-5,14H,2,6-7,12H2,1H3;1H. The van der Waals surface area contributed by atoms with Crippen LogP contribution in [0.25, 0.3) is 0 Å². The van der Waals surface area contributed by atoms with E-state index in [-0.39, 0.29) is 30.5 Å². The van der Waals surface area contributed by atoms with Gasteiger partial charge < -0.3 is 15.6 Å². The third-order valence-electron chi connectivity index (χ3n) is 2.05. The summed E-state index contributed by atoms with van der Waals surface area (Å²) in [5.74, 6) is -0.207. The van der Waals surface area contributed by atoms with E-state index >= 15 is 0 Å². The van der Waals surface area contributed by atoms with Gasteiger partial charge in [0, 0.05) is 6.42 Å². The third-order valence-corrected chi connectivity index (χ3v) is 2.05. The lowest BCUT2D eigenvalue weighted by atomic mass is 10.1. The van der Waals surface area contributed by atoms with Crippen LogP contribution >= 0.6 is 12.4 Å². The number of phenolic OH excluding ortho intramolecular Hbond substituents is 1. The minimum atomic E-state index is -0.265. The molecule has 0 aliphatic heterocycles. The molecule has 0 saturated carbocycles. The quantitative estimate of drug-likeness (QED) is 0.483. The number of esters is 1. The topological polar surface area (TPSA) is 72.5 Å². The number of carbonyl (C=O) groups is 1. The molecule has 3 N–H and O–H groups in total. The van der Waals surface area contributed by atoms with E-state index in [1.807, 2.05) is 0 Å². The maximum atomic E-state index is 11.1. The van der Waals surface area contributed by atoms with Gasteiger partial charge in [0.15, 0.2) is 0 Å². The molecule has 0 saturated heterocycles. The van der Waals surface area contributed by atoms with Gasteiger partial charge in [-0.25, -0.2) is 0 Å². The van der Waals surface area contributed by atoms with Gasteiger partial charge in [0.1, 0.15) is 5.75 Å². The van der Waals surface area contributed by atoms with Gasteiger partial charge in [-0.2, -0.15) is 0 Å². The average Bonchev–Trinajstić information content (AvgIpc) is 2.21. The van der Waals surface area contributed by atoms with E-state index in [9.17, 15) is 9.90 Å². The summed E-state index contributed by atoms with van der Waals surface area (Å²) in [6.45, 7) is 2.14. The fourth-order valence-corrected chi connectivity index (χ4v) is 1.28. The number of hydrogen-bond acceptors (Lipinski definition) is 4. The SMILES string of the molecule is CCOC(=O)CCc1cccc(N)c1O.Cl. The first-order valence-electron chi connectivity index (χ1n) is 4.87. The Labute approximate surface area is 101 Å². The second-order valence-corrected chi connectivity index (χ2v) is 3.16. The van der Waals surface area contributed by atoms with E-state index in [0.717, 1.165) is 0 Å². The molecule has 5 heteroatoms. The Bertz CT molecular complexity index is 355. The van der Waals surface area contributed by atoms with E-state index < -0.39 is 0 Å². The summed E-state index contributed by atoms with van der Waals surface area (Å²) in [7, 11) is 0. The summed E-state index contributed by atoms with van der Waals surface area (Å²) in [5, 5.41) is 9.56. The summed E-state index contributed by atoms with van der Waals surface area (Å²) in [6, 6.07) is 5.10. The van der Waals surface area contributed by atoms with Crippen molar-refractivity contribution in [2.45, 2.75) is 19.8 Å². The maximum Gasteiger partial charge on any atom is 0.306 e. The first-order valence-corrected chi connectivity index (χ1v) is 4.87. The molecular weight excluding hydrogens is 230 g/mol. The van der Waals surface area contributed by atoms with Crippen molar-refractivity contribution < 1.29 is 14.6 Å². The van der Waals surface area contributed by atoms with Gasteiger partial charge in [-0.3, -0.25) is 4.79 Å². The highest BCUT2D eigenvalue weighted by Crippen LogP contribution is 2.25. The summed E-state index contributed by atoms with van der Waals surface area (Å²) >= 11 is 0. The number of nitrogen functional groups attached to an aromatic ring is 1. The van der Waals surface area contributed by atoms with Gasteiger partial charge in [0.05, 0.1) is 12.3 Å². The number of aromatic hydroxyl groups is 1. The van der Waals surface area contributed by atoms with Crippen molar-refractivity contribution in [2.75, 3.05) is 12.3 Å². The first kappa shape index (κ1) is 14.6. The number of para-hydroxylation sites is 1. The predicted octanol–water partition coefficient (Wildman–Crippen LogP) is 1.89. The smallest absolute Gasteiger partial charge is 0.306 e. The fraction of sp³-hybridized carbons (Fsp3) is 0.364. The monoisotopic (exact) mass is 245 g/mol. The van der Waals surface area contributed by atoms with Crippen molar-refractivity contribution in [2.24, 2.45) is 0 Å². The first-order chi connectivity index (χ1) is 7.15. The molecule has 1 aromatic carbocycles. The number of nitrogens with two attached hydrogens (primary N) is 1. The van der Waals surface area contributed by atoms with Crippen LogP contribution < -0.4 is 5.73 Å².